The number of amides is 1. The number of ether oxygens (including phenoxy) is 1. The molecule has 1 heterocycles. The predicted molar refractivity (Wildman–Crippen MR) is 67.4 cm³/mol. The van der Waals surface area contributed by atoms with Gasteiger partial charge in [0.1, 0.15) is 12.0 Å². The van der Waals surface area contributed by atoms with Gasteiger partial charge in [0, 0.05) is 25.4 Å². The summed E-state index contributed by atoms with van der Waals surface area (Å²) >= 11 is 0. The molecule has 0 spiro atoms. The summed E-state index contributed by atoms with van der Waals surface area (Å²) in [5.74, 6) is 0.797. The number of aldehydes is 1. The summed E-state index contributed by atoms with van der Waals surface area (Å²) in [4.78, 5) is 24.0. The molecule has 0 radical (unpaired) electrons. The Balaban J connectivity index is 1.87. The van der Waals surface area contributed by atoms with Crippen LogP contribution in [0.2, 0.25) is 0 Å². The Hall–Kier alpha value is -1.84. The maximum absolute atomic E-state index is 11.6. The minimum Gasteiger partial charge on any atom is -0.497 e. The summed E-state index contributed by atoms with van der Waals surface area (Å²) in [5.41, 5.74) is 1.16. The second-order valence-corrected chi connectivity index (χ2v) is 4.54. The number of carbonyl (C=O) groups excluding carboxylic acids is 2. The van der Waals surface area contributed by atoms with Crippen molar-refractivity contribution in [3.63, 3.8) is 0 Å². The topological polar surface area (TPSA) is 46.6 Å². The van der Waals surface area contributed by atoms with Crippen LogP contribution in [0.4, 0.5) is 0 Å². The first-order valence-corrected chi connectivity index (χ1v) is 6.09. The largest absolute Gasteiger partial charge is 0.497 e. The molecule has 4 nitrogen and oxygen atoms in total. The Labute approximate surface area is 107 Å². The number of nitrogens with zero attached hydrogens (tertiary/aromatic N) is 1. The van der Waals surface area contributed by atoms with Crippen molar-refractivity contribution in [2.75, 3.05) is 20.2 Å². The van der Waals surface area contributed by atoms with Crippen molar-refractivity contribution in [3.8, 4) is 5.75 Å². The normalized spacial score (nSPS) is 19.1. The molecule has 0 unspecified atom stereocenters. The van der Waals surface area contributed by atoms with E-state index in [4.69, 9.17) is 4.74 Å². The maximum atomic E-state index is 11.6. The van der Waals surface area contributed by atoms with Gasteiger partial charge in [0.2, 0.25) is 5.91 Å². The number of benzene rings is 1. The average molecular weight is 247 g/mol. The van der Waals surface area contributed by atoms with Crippen molar-refractivity contribution >= 4 is 12.2 Å². The Bertz CT molecular complexity index is 427. The molecule has 1 aliphatic heterocycles. The SMILES string of the molecule is COc1ccc(CCN2C[C@H](C=O)CC2=O)cc1. The second kappa shape index (κ2) is 5.67. The molecule has 0 saturated carbocycles. The highest BCUT2D eigenvalue weighted by molar-refractivity contribution is 5.82. The number of methoxy groups -OCH3 is 1. The van der Waals surface area contributed by atoms with Crippen molar-refractivity contribution in [2.24, 2.45) is 5.92 Å². The molecule has 1 fully saturated rings. The van der Waals surface area contributed by atoms with Crippen LogP contribution < -0.4 is 4.74 Å². The van der Waals surface area contributed by atoms with E-state index in [0.717, 1.165) is 24.0 Å². The van der Waals surface area contributed by atoms with Gasteiger partial charge in [-0.2, -0.15) is 0 Å². The highest BCUT2D eigenvalue weighted by Gasteiger charge is 2.28. The van der Waals surface area contributed by atoms with E-state index in [1.165, 1.54) is 0 Å². The lowest BCUT2D eigenvalue weighted by molar-refractivity contribution is -0.127. The fraction of sp³-hybridized carbons (Fsp3) is 0.429. The molecule has 2 rings (SSSR count). The van der Waals surface area contributed by atoms with E-state index >= 15 is 0 Å². The Morgan fingerprint density at radius 3 is 2.67 bits per heavy atom. The number of likely N-dealkylation sites (tertiary alicyclic amines) is 1. The molecule has 4 heteroatoms. The quantitative estimate of drug-likeness (QED) is 0.736. The van der Waals surface area contributed by atoms with Gasteiger partial charge in [-0.25, -0.2) is 0 Å². The molecule has 1 aromatic rings. The lowest BCUT2D eigenvalue weighted by Gasteiger charge is -2.15. The van der Waals surface area contributed by atoms with E-state index in [1.807, 2.05) is 24.3 Å². The third-order valence-electron chi connectivity index (χ3n) is 3.27. The van der Waals surface area contributed by atoms with Crippen molar-refractivity contribution in [1.82, 2.24) is 4.90 Å². The third-order valence-corrected chi connectivity index (χ3v) is 3.27. The number of rotatable bonds is 5. The smallest absolute Gasteiger partial charge is 0.223 e. The summed E-state index contributed by atoms with van der Waals surface area (Å²) in [6.45, 7) is 1.24. The standard InChI is InChI=1S/C14H17NO3/c1-18-13-4-2-11(3-5-13)6-7-15-9-12(10-16)8-14(15)17/h2-5,10,12H,6-9H2,1H3/t12-/m1/s1. The van der Waals surface area contributed by atoms with E-state index in [0.29, 0.717) is 19.5 Å². The van der Waals surface area contributed by atoms with Gasteiger partial charge >= 0.3 is 0 Å². The van der Waals surface area contributed by atoms with Gasteiger partial charge < -0.3 is 14.4 Å². The number of carbonyl (C=O) groups is 2. The molecule has 1 aromatic carbocycles. The van der Waals surface area contributed by atoms with Gasteiger partial charge in [-0.15, -0.1) is 0 Å². The summed E-state index contributed by atoms with van der Waals surface area (Å²) in [5, 5.41) is 0. The van der Waals surface area contributed by atoms with E-state index < -0.39 is 0 Å². The lowest BCUT2D eigenvalue weighted by Crippen LogP contribution is -2.27. The highest BCUT2D eigenvalue weighted by atomic mass is 16.5. The summed E-state index contributed by atoms with van der Waals surface area (Å²) in [6, 6.07) is 7.82. The summed E-state index contributed by atoms with van der Waals surface area (Å²) in [6.07, 6.45) is 2.05. The first kappa shape index (κ1) is 12.6. The zero-order valence-corrected chi connectivity index (χ0v) is 10.5. The van der Waals surface area contributed by atoms with E-state index in [-0.39, 0.29) is 11.8 Å². The number of hydrogen-bond donors (Lipinski definition) is 0. The van der Waals surface area contributed by atoms with Crippen LogP contribution >= 0.6 is 0 Å². The van der Waals surface area contributed by atoms with E-state index in [1.54, 1.807) is 12.0 Å². The molecule has 18 heavy (non-hydrogen) atoms. The molecule has 1 aliphatic rings. The average Bonchev–Trinajstić information content (AvgIpc) is 2.77. The lowest BCUT2D eigenvalue weighted by atomic mass is 10.1. The first-order valence-electron chi connectivity index (χ1n) is 6.09. The molecule has 0 bridgehead atoms. The summed E-state index contributed by atoms with van der Waals surface area (Å²) in [7, 11) is 1.64. The van der Waals surface area contributed by atoms with Gasteiger partial charge in [0.05, 0.1) is 7.11 Å². The molecular formula is C14H17NO3. The molecule has 1 atom stereocenters. The number of hydrogen-bond acceptors (Lipinski definition) is 3. The minimum atomic E-state index is -0.117. The van der Waals surface area contributed by atoms with Crippen LogP contribution in [-0.2, 0) is 16.0 Å². The highest BCUT2D eigenvalue weighted by Crippen LogP contribution is 2.17. The maximum Gasteiger partial charge on any atom is 0.223 e. The zero-order chi connectivity index (χ0) is 13.0. The molecule has 0 aromatic heterocycles. The van der Waals surface area contributed by atoms with Gasteiger partial charge in [0.15, 0.2) is 0 Å². The fourth-order valence-corrected chi connectivity index (χ4v) is 2.17. The molecule has 1 saturated heterocycles. The van der Waals surface area contributed by atoms with Gasteiger partial charge in [-0.3, -0.25) is 4.79 Å². The van der Waals surface area contributed by atoms with Crippen LogP contribution in [0, 0.1) is 5.92 Å². The second-order valence-electron chi connectivity index (χ2n) is 4.54. The van der Waals surface area contributed by atoms with Crippen molar-refractivity contribution in [1.29, 1.82) is 0 Å². The van der Waals surface area contributed by atoms with Crippen molar-refractivity contribution < 1.29 is 14.3 Å². The van der Waals surface area contributed by atoms with Crippen LogP contribution in [0.25, 0.3) is 0 Å². The minimum absolute atomic E-state index is 0.0839. The van der Waals surface area contributed by atoms with Crippen LogP contribution in [0.5, 0.6) is 5.75 Å². The predicted octanol–water partition coefficient (Wildman–Crippen LogP) is 1.29. The van der Waals surface area contributed by atoms with E-state index in [2.05, 4.69) is 0 Å². The van der Waals surface area contributed by atoms with Crippen LogP contribution in [-0.4, -0.2) is 37.3 Å². The Kier molecular flexibility index (Phi) is 3.97. The zero-order valence-electron chi connectivity index (χ0n) is 10.5. The van der Waals surface area contributed by atoms with Crippen LogP contribution in [0.3, 0.4) is 0 Å². The molecule has 0 aliphatic carbocycles. The monoisotopic (exact) mass is 247 g/mol. The molecule has 1 amide bonds. The third kappa shape index (κ3) is 2.88. The van der Waals surface area contributed by atoms with Crippen molar-refractivity contribution in [2.45, 2.75) is 12.8 Å². The van der Waals surface area contributed by atoms with Gasteiger partial charge in [-0.1, -0.05) is 12.1 Å². The fourth-order valence-electron chi connectivity index (χ4n) is 2.17. The van der Waals surface area contributed by atoms with Gasteiger partial charge in [-0.05, 0) is 24.1 Å². The first-order chi connectivity index (χ1) is 8.72. The molecule has 0 N–H and O–H groups in total. The van der Waals surface area contributed by atoms with Crippen LogP contribution in [0.15, 0.2) is 24.3 Å². The van der Waals surface area contributed by atoms with Crippen molar-refractivity contribution in [3.05, 3.63) is 29.8 Å². The summed E-state index contributed by atoms with van der Waals surface area (Å²) < 4.78 is 5.09. The van der Waals surface area contributed by atoms with Crippen LogP contribution in [0.1, 0.15) is 12.0 Å². The molecular weight excluding hydrogens is 230 g/mol. The molecule has 96 valence electrons. The Morgan fingerprint density at radius 1 is 1.39 bits per heavy atom. The Morgan fingerprint density at radius 2 is 2.11 bits per heavy atom. The van der Waals surface area contributed by atoms with E-state index in [9.17, 15) is 9.59 Å². The van der Waals surface area contributed by atoms with Gasteiger partial charge in [0.25, 0.3) is 0 Å².